The molecule has 1 N–H and O–H groups in total. The molecule has 0 aromatic heterocycles. The van der Waals surface area contributed by atoms with E-state index in [-0.39, 0.29) is 18.6 Å². The number of ether oxygens (including phenoxy) is 1. The number of amides is 1. The van der Waals surface area contributed by atoms with Gasteiger partial charge in [-0.05, 0) is 36.3 Å². The summed E-state index contributed by atoms with van der Waals surface area (Å²) in [6, 6.07) is 9.93. The van der Waals surface area contributed by atoms with E-state index in [1.807, 2.05) is 30.3 Å². The van der Waals surface area contributed by atoms with Gasteiger partial charge in [0.25, 0.3) is 5.91 Å². The second kappa shape index (κ2) is 9.40. The minimum Gasteiger partial charge on any atom is -0.452 e. The summed E-state index contributed by atoms with van der Waals surface area (Å²) in [6.07, 6.45) is 5.87. The van der Waals surface area contributed by atoms with Gasteiger partial charge in [-0.15, -0.1) is 0 Å². The third-order valence-corrected chi connectivity index (χ3v) is 4.77. The number of esters is 1. The van der Waals surface area contributed by atoms with Crippen molar-refractivity contribution in [2.75, 3.05) is 6.61 Å². The number of nitrogens with one attached hydrogen (secondary N) is 1. The van der Waals surface area contributed by atoms with Crippen molar-refractivity contribution < 1.29 is 14.3 Å². The first-order chi connectivity index (χ1) is 11.1. The molecule has 5 heteroatoms. The van der Waals surface area contributed by atoms with Gasteiger partial charge >= 0.3 is 5.97 Å². The minimum atomic E-state index is -0.500. The fourth-order valence-electron chi connectivity index (χ4n) is 2.63. The van der Waals surface area contributed by atoms with Gasteiger partial charge in [-0.3, -0.25) is 4.79 Å². The number of carbonyl (C=O) groups is 2. The summed E-state index contributed by atoms with van der Waals surface area (Å²) < 4.78 is 4.97. The van der Waals surface area contributed by atoms with Crippen LogP contribution in [-0.4, -0.2) is 24.5 Å². The third-order valence-electron chi connectivity index (χ3n) is 3.95. The second-order valence-corrected chi connectivity index (χ2v) is 6.76. The number of thioether (sulfide) groups is 1. The molecular weight excluding hydrogens is 310 g/mol. The summed E-state index contributed by atoms with van der Waals surface area (Å²) in [5.41, 5.74) is 0. The van der Waals surface area contributed by atoms with Gasteiger partial charge in [0.05, 0.1) is 0 Å². The fourth-order valence-corrected chi connectivity index (χ4v) is 3.28. The Labute approximate surface area is 141 Å². The molecule has 0 radical (unpaired) electrons. The van der Waals surface area contributed by atoms with Crippen molar-refractivity contribution in [3.8, 4) is 0 Å². The predicted molar refractivity (Wildman–Crippen MR) is 92.0 cm³/mol. The molecule has 2 atom stereocenters. The summed E-state index contributed by atoms with van der Waals surface area (Å²) >= 11 is 1.43. The normalized spacial score (nSPS) is 21.1. The zero-order valence-corrected chi connectivity index (χ0v) is 14.2. The van der Waals surface area contributed by atoms with Crippen LogP contribution in [0.1, 0.15) is 32.6 Å². The molecule has 23 heavy (non-hydrogen) atoms. The van der Waals surface area contributed by atoms with Crippen LogP contribution in [0.4, 0.5) is 0 Å². The number of hydrogen-bond donors (Lipinski definition) is 1. The highest BCUT2D eigenvalue weighted by Gasteiger charge is 2.22. The lowest BCUT2D eigenvalue weighted by Crippen LogP contribution is -2.42. The van der Waals surface area contributed by atoms with Gasteiger partial charge in [-0.1, -0.05) is 49.7 Å². The molecule has 1 aliphatic rings. The number of rotatable bonds is 6. The van der Waals surface area contributed by atoms with Crippen LogP contribution in [0.15, 0.2) is 46.7 Å². The average Bonchev–Trinajstić information content (AvgIpc) is 2.56. The molecule has 1 saturated carbocycles. The third kappa shape index (κ3) is 6.48. The first-order valence-electron chi connectivity index (χ1n) is 7.99. The van der Waals surface area contributed by atoms with Gasteiger partial charge in [0.1, 0.15) is 0 Å². The molecule has 124 valence electrons. The van der Waals surface area contributed by atoms with Crippen molar-refractivity contribution >= 4 is 23.6 Å². The molecule has 2 rings (SSSR count). The molecule has 0 unspecified atom stereocenters. The van der Waals surface area contributed by atoms with Crippen LogP contribution in [0.3, 0.4) is 0 Å². The minimum absolute atomic E-state index is 0.208. The molecule has 1 aliphatic carbocycles. The van der Waals surface area contributed by atoms with E-state index in [1.54, 1.807) is 5.41 Å². The molecule has 0 spiro atoms. The van der Waals surface area contributed by atoms with E-state index in [4.69, 9.17) is 4.74 Å². The van der Waals surface area contributed by atoms with Crippen LogP contribution < -0.4 is 5.32 Å². The highest BCUT2D eigenvalue weighted by molar-refractivity contribution is 8.02. The van der Waals surface area contributed by atoms with Crippen molar-refractivity contribution in [3.63, 3.8) is 0 Å². The maximum atomic E-state index is 11.8. The largest absolute Gasteiger partial charge is 0.452 e. The monoisotopic (exact) mass is 333 g/mol. The quantitative estimate of drug-likeness (QED) is 0.491. The molecule has 0 bridgehead atoms. The molecule has 4 nitrogen and oxygen atoms in total. The Balaban J connectivity index is 1.66. The Morgan fingerprint density at radius 2 is 2.00 bits per heavy atom. The van der Waals surface area contributed by atoms with E-state index >= 15 is 0 Å². The number of benzene rings is 1. The van der Waals surface area contributed by atoms with Crippen LogP contribution >= 0.6 is 11.8 Å². The Kier molecular flexibility index (Phi) is 7.20. The van der Waals surface area contributed by atoms with Crippen LogP contribution in [0.2, 0.25) is 0 Å². The summed E-state index contributed by atoms with van der Waals surface area (Å²) in [6.45, 7) is 1.93. The van der Waals surface area contributed by atoms with Gasteiger partial charge in [-0.2, -0.15) is 0 Å². The lowest BCUT2D eigenvalue weighted by Gasteiger charge is -2.29. The molecule has 1 fully saturated rings. The van der Waals surface area contributed by atoms with Gasteiger partial charge < -0.3 is 10.1 Å². The highest BCUT2D eigenvalue weighted by atomic mass is 32.2. The van der Waals surface area contributed by atoms with Crippen molar-refractivity contribution in [2.45, 2.75) is 43.5 Å². The van der Waals surface area contributed by atoms with Crippen LogP contribution in [0, 0.1) is 5.92 Å². The molecule has 1 aromatic carbocycles. The first-order valence-corrected chi connectivity index (χ1v) is 8.87. The maximum absolute atomic E-state index is 11.8. The zero-order chi connectivity index (χ0) is 16.5. The van der Waals surface area contributed by atoms with Gasteiger partial charge in [0.2, 0.25) is 0 Å². The maximum Gasteiger partial charge on any atom is 0.331 e. The summed E-state index contributed by atoms with van der Waals surface area (Å²) in [4.78, 5) is 24.5. The van der Waals surface area contributed by atoms with Gasteiger partial charge in [0.15, 0.2) is 6.61 Å². The smallest absolute Gasteiger partial charge is 0.331 e. The molecule has 0 saturated heterocycles. The van der Waals surface area contributed by atoms with E-state index in [1.165, 1.54) is 24.3 Å². The van der Waals surface area contributed by atoms with Crippen LogP contribution in [0.5, 0.6) is 0 Å². The number of carbonyl (C=O) groups excluding carboxylic acids is 2. The van der Waals surface area contributed by atoms with Gasteiger partial charge in [-0.25, -0.2) is 4.79 Å². The molecule has 0 heterocycles. The Morgan fingerprint density at radius 1 is 1.26 bits per heavy atom. The average molecular weight is 333 g/mol. The highest BCUT2D eigenvalue weighted by Crippen LogP contribution is 2.23. The zero-order valence-electron chi connectivity index (χ0n) is 13.4. The summed E-state index contributed by atoms with van der Waals surface area (Å²) in [5.74, 6) is -0.230. The molecule has 1 aromatic rings. The van der Waals surface area contributed by atoms with Crippen LogP contribution in [0.25, 0.3) is 0 Å². The van der Waals surface area contributed by atoms with E-state index < -0.39 is 5.97 Å². The molecule has 0 aliphatic heterocycles. The van der Waals surface area contributed by atoms with Crippen molar-refractivity contribution in [2.24, 2.45) is 5.92 Å². The van der Waals surface area contributed by atoms with E-state index in [2.05, 4.69) is 12.2 Å². The van der Waals surface area contributed by atoms with E-state index in [9.17, 15) is 9.59 Å². The van der Waals surface area contributed by atoms with Crippen LogP contribution in [-0.2, 0) is 14.3 Å². The molecular formula is C18H23NO3S. The Bertz CT molecular complexity index is 544. The Morgan fingerprint density at radius 3 is 2.74 bits per heavy atom. The fraction of sp³-hybridized carbons (Fsp3) is 0.444. The van der Waals surface area contributed by atoms with E-state index in [0.29, 0.717) is 5.92 Å². The Hall–Kier alpha value is -1.75. The lowest BCUT2D eigenvalue weighted by molar-refractivity contribution is -0.144. The van der Waals surface area contributed by atoms with Gasteiger partial charge in [0, 0.05) is 17.0 Å². The van der Waals surface area contributed by atoms with Crippen molar-refractivity contribution in [1.82, 2.24) is 5.32 Å². The number of hydrogen-bond acceptors (Lipinski definition) is 4. The predicted octanol–water partition coefficient (Wildman–Crippen LogP) is 3.53. The first kappa shape index (κ1) is 17.6. The topological polar surface area (TPSA) is 55.4 Å². The lowest BCUT2D eigenvalue weighted by atomic mass is 9.86. The summed E-state index contributed by atoms with van der Waals surface area (Å²) in [7, 11) is 0. The van der Waals surface area contributed by atoms with E-state index in [0.717, 1.165) is 24.2 Å². The van der Waals surface area contributed by atoms with Crippen molar-refractivity contribution in [1.29, 1.82) is 0 Å². The standard InChI is InChI=1S/C18H23NO3S/c1-14-7-5-6-10-16(14)19-17(20)13-22-18(21)11-12-23-15-8-3-2-4-9-15/h2-4,8-9,11-12,14,16H,5-7,10,13H2,1H3,(H,19,20)/b12-11+/t14-,16-/m1/s1. The van der Waals surface area contributed by atoms with Crippen molar-refractivity contribution in [3.05, 3.63) is 41.8 Å². The molecule has 1 amide bonds. The second-order valence-electron chi connectivity index (χ2n) is 5.78. The summed E-state index contributed by atoms with van der Waals surface area (Å²) in [5, 5.41) is 4.63. The SMILES string of the molecule is C[C@@H]1CCCC[C@H]1NC(=O)COC(=O)/C=C/Sc1ccccc1.